The van der Waals surface area contributed by atoms with Crippen LogP contribution in [0.5, 0.6) is 0 Å². The van der Waals surface area contributed by atoms with Crippen LogP contribution < -0.4 is 10.6 Å². The molecule has 21 heavy (non-hydrogen) atoms. The molecule has 2 N–H and O–H groups in total. The number of hydrogen-bond acceptors (Lipinski definition) is 6. The minimum atomic E-state index is 0.276. The van der Waals surface area contributed by atoms with E-state index in [4.69, 9.17) is 4.42 Å². The average molecular weight is 289 g/mol. The Kier molecular flexibility index (Phi) is 5.14. The molecule has 2 rings (SSSR count). The van der Waals surface area contributed by atoms with E-state index in [-0.39, 0.29) is 5.92 Å². The quantitative estimate of drug-likeness (QED) is 0.815. The number of hydrogen-bond donors (Lipinski definition) is 2. The number of nitrogens with one attached hydrogen (secondary N) is 2. The summed E-state index contributed by atoms with van der Waals surface area (Å²) >= 11 is 0. The van der Waals surface area contributed by atoms with E-state index in [0.717, 1.165) is 36.2 Å². The number of aromatic nitrogens is 3. The van der Waals surface area contributed by atoms with Crippen LogP contribution in [0.1, 0.15) is 51.1 Å². The summed E-state index contributed by atoms with van der Waals surface area (Å²) in [6, 6.07) is 1.90. The lowest BCUT2D eigenvalue weighted by Crippen LogP contribution is -2.09. The van der Waals surface area contributed by atoms with Crippen molar-refractivity contribution in [3.63, 3.8) is 0 Å². The van der Waals surface area contributed by atoms with Crippen molar-refractivity contribution in [2.75, 3.05) is 17.2 Å². The van der Waals surface area contributed by atoms with Gasteiger partial charge in [0.1, 0.15) is 23.2 Å². The fraction of sp³-hybridized carbons (Fsp3) is 0.533. The van der Waals surface area contributed by atoms with E-state index in [2.05, 4.69) is 39.4 Å². The summed E-state index contributed by atoms with van der Waals surface area (Å²) in [6.45, 7) is 9.59. The Balaban J connectivity index is 2.10. The molecule has 0 fully saturated rings. The predicted octanol–water partition coefficient (Wildman–Crippen LogP) is 3.19. The highest BCUT2D eigenvalue weighted by molar-refractivity contribution is 5.47. The molecule has 0 saturated carbocycles. The van der Waals surface area contributed by atoms with E-state index in [1.165, 1.54) is 0 Å². The number of aryl methyl sites for hydroxylation is 1. The molecular weight excluding hydrogens is 266 g/mol. The molecule has 0 radical (unpaired) electrons. The van der Waals surface area contributed by atoms with Gasteiger partial charge >= 0.3 is 0 Å². The van der Waals surface area contributed by atoms with Crippen molar-refractivity contribution in [2.24, 2.45) is 0 Å². The first kappa shape index (κ1) is 15.3. The molecule has 0 unspecified atom stereocenters. The SMILES string of the molecule is CCNc1cc(NCc2ncc(CC)o2)nc(C(C)C)n1. The molecule has 0 aliphatic heterocycles. The van der Waals surface area contributed by atoms with Gasteiger partial charge in [-0.15, -0.1) is 0 Å². The van der Waals surface area contributed by atoms with Crippen molar-refractivity contribution in [1.29, 1.82) is 0 Å². The molecule has 6 heteroatoms. The Labute approximate surface area is 125 Å². The van der Waals surface area contributed by atoms with Gasteiger partial charge in [0.05, 0.1) is 12.7 Å². The van der Waals surface area contributed by atoms with Crippen LogP contribution in [0.25, 0.3) is 0 Å². The largest absolute Gasteiger partial charge is 0.444 e. The molecule has 0 bridgehead atoms. The van der Waals surface area contributed by atoms with Gasteiger partial charge in [-0.25, -0.2) is 15.0 Å². The Hall–Kier alpha value is -2.11. The Morgan fingerprint density at radius 1 is 1.14 bits per heavy atom. The fourth-order valence-corrected chi connectivity index (χ4v) is 1.85. The first-order valence-corrected chi connectivity index (χ1v) is 7.42. The van der Waals surface area contributed by atoms with Gasteiger partial charge in [0.2, 0.25) is 5.89 Å². The molecule has 0 aliphatic rings. The van der Waals surface area contributed by atoms with E-state index in [9.17, 15) is 0 Å². The van der Waals surface area contributed by atoms with Crippen molar-refractivity contribution in [1.82, 2.24) is 15.0 Å². The van der Waals surface area contributed by atoms with Gasteiger partial charge in [-0.3, -0.25) is 0 Å². The summed E-state index contributed by atoms with van der Waals surface area (Å²) in [5.41, 5.74) is 0. The van der Waals surface area contributed by atoms with Crippen molar-refractivity contribution in [3.8, 4) is 0 Å². The summed E-state index contributed by atoms with van der Waals surface area (Å²) < 4.78 is 5.58. The lowest BCUT2D eigenvalue weighted by atomic mass is 10.2. The summed E-state index contributed by atoms with van der Waals surface area (Å²) in [6.07, 6.45) is 2.61. The van der Waals surface area contributed by atoms with Crippen LogP contribution in [-0.2, 0) is 13.0 Å². The third kappa shape index (κ3) is 4.18. The van der Waals surface area contributed by atoms with Crippen molar-refractivity contribution < 1.29 is 4.42 Å². The van der Waals surface area contributed by atoms with Crippen molar-refractivity contribution in [3.05, 3.63) is 29.7 Å². The lowest BCUT2D eigenvalue weighted by Gasteiger charge is -2.11. The van der Waals surface area contributed by atoms with Crippen LogP contribution in [0.4, 0.5) is 11.6 Å². The predicted molar refractivity (Wildman–Crippen MR) is 83.5 cm³/mol. The van der Waals surface area contributed by atoms with E-state index in [1.807, 2.05) is 19.9 Å². The Bertz CT molecular complexity index is 579. The molecule has 2 heterocycles. The van der Waals surface area contributed by atoms with Crippen LogP contribution in [0, 0.1) is 0 Å². The standard InChI is InChI=1S/C15H23N5O/c1-5-11-8-18-14(21-11)9-17-13-7-12(16-6-2)19-15(20-13)10(3)4/h7-8,10H,5-6,9H2,1-4H3,(H2,16,17,19,20). The highest BCUT2D eigenvalue weighted by atomic mass is 16.4. The van der Waals surface area contributed by atoms with Crippen LogP contribution in [-0.4, -0.2) is 21.5 Å². The highest BCUT2D eigenvalue weighted by Gasteiger charge is 2.09. The monoisotopic (exact) mass is 289 g/mol. The zero-order chi connectivity index (χ0) is 15.2. The van der Waals surface area contributed by atoms with Crippen LogP contribution in [0.3, 0.4) is 0 Å². The van der Waals surface area contributed by atoms with Gasteiger partial charge in [-0.1, -0.05) is 20.8 Å². The van der Waals surface area contributed by atoms with Gasteiger partial charge in [0.25, 0.3) is 0 Å². The topological polar surface area (TPSA) is 75.9 Å². The van der Waals surface area contributed by atoms with E-state index in [0.29, 0.717) is 12.4 Å². The normalized spacial score (nSPS) is 10.9. The summed E-state index contributed by atoms with van der Waals surface area (Å²) in [5, 5.41) is 6.47. The summed E-state index contributed by atoms with van der Waals surface area (Å²) in [4.78, 5) is 13.2. The molecule has 0 spiro atoms. The molecule has 114 valence electrons. The molecule has 0 aliphatic carbocycles. The van der Waals surface area contributed by atoms with Gasteiger partial charge in [-0.05, 0) is 6.92 Å². The molecule has 6 nitrogen and oxygen atoms in total. The van der Waals surface area contributed by atoms with E-state index < -0.39 is 0 Å². The second kappa shape index (κ2) is 7.06. The summed E-state index contributed by atoms with van der Waals surface area (Å²) in [5.74, 6) is 4.27. The Morgan fingerprint density at radius 2 is 1.86 bits per heavy atom. The van der Waals surface area contributed by atoms with E-state index >= 15 is 0 Å². The summed E-state index contributed by atoms with van der Waals surface area (Å²) in [7, 11) is 0. The zero-order valence-corrected chi connectivity index (χ0v) is 13.1. The van der Waals surface area contributed by atoms with Crippen molar-refractivity contribution >= 4 is 11.6 Å². The van der Waals surface area contributed by atoms with Gasteiger partial charge in [0, 0.05) is 24.9 Å². The van der Waals surface area contributed by atoms with Gasteiger partial charge in [0.15, 0.2) is 0 Å². The second-order valence-corrected chi connectivity index (χ2v) is 5.11. The average Bonchev–Trinajstić information content (AvgIpc) is 2.93. The number of anilines is 2. The zero-order valence-electron chi connectivity index (χ0n) is 13.1. The maximum absolute atomic E-state index is 5.58. The minimum absolute atomic E-state index is 0.276. The second-order valence-electron chi connectivity index (χ2n) is 5.11. The molecule has 0 amide bonds. The fourth-order valence-electron chi connectivity index (χ4n) is 1.85. The van der Waals surface area contributed by atoms with E-state index in [1.54, 1.807) is 6.20 Å². The highest BCUT2D eigenvalue weighted by Crippen LogP contribution is 2.17. The molecule has 0 aromatic carbocycles. The first-order valence-electron chi connectivity index (χ1n) is 7.42. The number of nitrogens with zero attached hydrogens (tertiary/aromatic N) is 3. The Morgan fingerprint density at radius 3 is 2.43 bits per heavy atom. The molecule has 0 atom stereocenters. The lowest BCUT2D eigenvalue weighted by molar-refractivity contribution is 0.465. The number of rotatable bonds is 7. The maximum Gasteiger partial charge on any atom is 0.213 e. The van der Waals surface area contributed by atoms with Crippen LogP contribution >= 0.6 is 0 Å². The molecule has 0 saturated heterocycles. The maximum atomic E-state index is 5.58. The van der Waals surface area contributed by atoms with Crippen molar-refractivity contribution in [2.45, 2.75) is 46.6 Å². The minimum Gasteiger partial charge on any atom is -0.444 e. The first-order chi connectivity index (χ1) is 10.1. The third-order valence-corrected chi connectivity index (χ3v) is 2.99. The molecular formula is C15H23N5O. The van der Waals surface area contributed by atoms with Gasteiger partial charge in [-0.2, -0.15) is 0 Å². The molecule has 2 aromatic heterocycles. The molecule has 2 aromatic rings. The third-order valence-electron chi connectivity index (χ3n) is 2.99. The van der Waals surface area contributed by atoms with Crippen LogP contribution in [0.15, 0.2) is 16.7 Å². The van der Waals surface area contributed by atoms with Crippen LogP contribution in [0.2, 0.25) is 0 Å². The smallest absolute Gasteiger partial charge is 0.213 e. The van der Waals surface area contributed by atoms with Gasteiger partial charge < -0.3 is 15.1 Å². The number of oxazole rings is 1.